The predicted molar refractivity (Wildman–Crippen MR) is 80.8 cm³/mol. The first kappa shape index (κ1) is 14.2. The minimum atomic E-state index is -0.0104. The molecule has 0 spiro atoms. The maximum atomic E-state index is 12.2. The molecule has 1 fully saturated rings. The summed E-state index contributed by atoms with van der Waals surface area (Å²) in [6.07, 6.45) is 5.13. The monoisotopic (exact) mass is 279 g/mol. The number of hydrogen-bond acceptors (Lipinski definition) is 4. The van der Waals surface area contributed by atoms with E-state index in [4.69, 9.17) is 0 Å². The second kappa shape index (κ2) is 6.80. The number of anilines is 1. The van der Waals surface area contributed by atoms with Crippen LogP contribution >= 0.6 is 11.8 Å². The van der Waals surface area contributed by atoms with Gasteiger partial charge in [-0.3, -0.25) is 4.79 Å². The summed E-state index contributed by atoms with van der Waals surface area (Å²) in [6.45, 7) is 2.17. The van der Waals surface area contributed by atoms with Gasteiger partial charge in [-0.1, -0.05) is 13.3 Å². The molecule has 104 valence electrons. The summed E-state index contributed by atoms with van der Waals surface area (Å²) in [7, 11) is 1.81. The third-order valence-electron chi connectivity index (χ3n) is 3.43. The summed E-state index contributed by atoms with van der Waals surface area (Å²) in [5.41, 5.74) is 0.631. The van der Waals surface area contributed by atoms with Crippen molar-refractivity contribution in [2.75, 3.05) is 18.1 Å². The Balaban J connectivity index is 1.95. The quantitative estimate of drug-likeness (QED) is 0.869. The fraction of sp³-hybridized carbons (Fsp3) is 0.571. The van der Waals surface area contributed by atoms with Gasteiger partial charge in [-0.25, -0.2) is 4.98 Å². The molecule has 1 aromatic rings. The van der Waals surface area contributed by atoms with E-state index >= 15 is 0 Å². The van der Waals surface area contributed by atoms with Gasteiger partial charge in [0.15, 0.2) is 0 Å². The highest BCUT2D eigenvalue weighted by Crippen LogP contribution is 2.30. The van der Waals surface area contributed by atoms with Crippen LogP contribution in [0.1, 0.15) is 36.5 Å². The number of rotatable bonds is 5. The van der Waals surface area contributed by atoms with Crippen LogP contribution in [0.25, 0.3) is 0 Å². The zero-order valence-corrected chi connectivity index (χ0v) is 12.3. The van der Waals surface area contributed by atoms with Crippen molar-refractivity contribution in [3.05, 3.63) is 23.9 Å². The molecule has 19 heavy (non-hydrogen) atoms. The van der Waals surface area contributed by atoms with Gasteiger partial charge in [0.25, 0.3) is 5.91 Å². The van der Waals surface area contributed by atoms with E-state index in [0.29, 0.717) is 16.9 Å². The SMILES string of the molecule is CCSC1CCCC1NC(=O)c1ccc(NC)nc1. The Hall–Kier alpha value is -1.23. The van der Waals surface area contributed by atoms with Crippen molar-refractivity contribution in [2.45, 2.75) is 37.5 Å². The van der Waals surface area contributed by atoms with E-state index in [2.05, 4.69) is 22.5 Å². The van der Waals surface area contributed by atoms with Crippen LogP contribution in [-0.2, 0) is 0 Å². The molecule has 0 radical (unpaired) electrons. The van der Waals surface area contributed by atoms with Crippen LogP contribution in [0, 0.1) is 0 Å². The van der Waals surface area contributed by atoms with Crippen molar-refractivity contribution < 1.29 is 4.79 Å². The number of aromatic nitrogens is 1. The molecule has 0 bridgehead atoms. The van der Waals surface area contributed by atoms with E-state index in [0.717, 1.165) is 18.0 Å². The smallest absolute Gasteiger partial charge is 0.253 e. The zero-order valence-electron chi connectivity index (χ0n) is 11.5. The molecule has 2 atom stereocenters. The number of nitrogens with one attached hydrogen (secondary N) is 2. The summed E-state index contributed by atoms with van der Waals surface area (Å²) in [4.78, 5) is 16.3. The highest BCUT2D eigenvalue weighted by Gasteiger charge is 2.28. The highest BCUT2D eigenvalue weighted by molar-refractivity contribution is 7.99. The second-order valence-electron chi connectivity index (χ2n) is 4.69. The van der Waals surface area contributed by atoms with Gasteiger partial charge in [-0.2, -0.15) is 11.8 Å². The van der Waals surface area contributed by atoms with Gasteiger partial charge in [0.05, 0.1) is 5.56 Å². The fourth-order valence-corrected chi connectivity index (χ4v) is 3.63. The van der Waals surface area contributed by atoms with Crippen molar-refractivity contribution >= 4 is 23.5 Å². The van der Waals surface area contributed by atoms with Gasteiger partial charge < -0.3 is 10.6 Å². The average Bonchev–Trinajstić information content (AvgIpc) is 2.86. The summed E-state index contributed by atoms with van der Waals surface area (Å²) in [6, 6.07) is 3.94. The van der Waals surface area contributed by atoms with E-state index in [1.165, 1.54) is 12.8 Å². The molecule has 1 heterocycles. The van der Waals surface area contributed by atoms with Gasteiger partial charge in [-0.15, -0.1) is 0 Å². The van der Waals surface area contributed by atoms with Gasteiger partial charge in [-0.05, 0) is 30.7 Å². The van der Waals surface area contributed by atoms with Crippen LogP contribution in [0.3, 0.4) is 0 Å². The molecule has 1 aliphatic carbocycles. The van der Waals surface area contributed by atoms with E-state index in [1.54, 1.807) is 6.20 Å². The molecule has 1 saturated carbocycles. The first-order valence-electron chi connectivity index (χ1n) is 6.81. The second-order valence-corrected chi connectivity index (χ2v) is 6.20. The summed E-state index contributed by atoms with van der Waals surface area (Å²) in [5, 5.41) is 6.66. The molecule has 0 saturated heterocycles. The first-order chi connectivity index (χ1) is 9.24. The molecule has 2 unspecified atom stereocenters. The van der Waals surface area contributed by atoms with Crippen molar-refractivity contribution in [1.29, 1.82) is 0 Å². The minimum Gasteiger partial charge on any atom is -0.373 e. The number of hydrogen-bond donors (Lipinski definition) is 2. The fourth-order valence-electron chi connectivity index (χ4n) is 2.43. The summed E-state index contributed by atoms with van der Waals surface area (Å²) >= 11 is 1.95. The number of carbonyl (C=O) groups excluding carboxylic acids is 1. The van der Waals surface area contributed by atoms with E-state index in [-0.39, 0.29) is 5.91 Å². The molecule has 1 aromatic heterocycles. The molecule has 1 amide bonds. The Morgan fingerprint density at radius 1 is 1.47 bits per heavy atom. The molecular weight excluding hydrogens is 258 g/mol. The van der Waals surface area contributed by atoms with Crippen LogP contribution in [-0.4, -0.2) is 35.0 Å². The van der Waals surface area contributed by atoms with Crippen molar-refractivity contribution in [1.82, 2.24) is 10.3 Å². The van der Waals surface area contributed by atoms with E-state index < -0.39 is 0 Å². The Morgan fingerprint density at radius 3 is 2.95 bits per heavy atom. The van der Waals surface area contributed by atoms with E-state index in [1.807, 2.05) is 30.9 Å². The van der Waals surface area contributed by atoms with Gasteiger partial charge >= 0.3 is 0 Å². The lowest BCUT2D eigenvalue weighted by Gasteiger charge is -2.20. The van der Waals surface area contributed by atoms with Crippen molar-refractivity contribution in [2.24, 2.45) is 0 Å². The lowest BCUT2D eigenvalue weighted by atomic mass is 10.2. The van der Waals surface area contributed by atoms with Crippen LogP contribution in [0.2, 0.25) is 0 Å². The molecule has 2 rings (SSSR count). The van der Waals surface area contributed by atoms with Crippen LogP contribution in [0.15, 0.2) is 18.3 Å². The molecule has 0 aliphatic heterocycles. The lowest BCUT2D eigenvalue weighted by molar-refractivity contribution is 0.0938. The maximum Gasteiger partial charge on any atom is 0.253 e. The van der Waals surface area contributed by atoms with Crippen LogP contribution in [0.4, 0.5) is 5.82 Å². The number of amides is 1. The van der Waals surface area contributed by atoms with Crippen molar-refractivity contribution in [3.8, 4) is 0 Å². The summed E-state index contributed by atoms with van der Waals surface area (Å²) in [5.74, 6) is 1.87. The topological polar surface area (TPSA) is 54.0 Å². The predicted octanol–water partition coefficient (Wildman–Crippen LogP) is 2.53. The number of pyridine rings is 1. The third kappa shape index (κ3) is 3.62. The number of nitrogens with zero attached hydrogens (tertiary/aromatic N) is 1. The van der Waals surface area contributed by atoms with Crippen LogP contribution < -0.4 is 10.6 Å². The normalized spacial score (nSPS) is 22.2. The molecule has 2 N–H and O–H groups in total. The minimum absolute atomic E-state index is 0.0104. The number of thioether (sulfide) groups is 1. The van der Waals surface area contributed by atoms with Gasteiger partial charge in [0.2, 0.25) is 0 Å². The Kier molecular flexibility index (Phi) is 5.07. The molecular formula is C14H21N3OS. The molecule has 0 aromatic carbocycles. The molecule has 1 aliphatic rings. The Bertz CT molecular complexity index is 421. The number of carbonyl (C=O) groups is 1. The molecule has 5 heteroatoms. The summed E-state index contributed by atoms with van der Waals surface area (Å²) < 4.78 is 0. The highest BCUT2D eigenvalue weighted by atomic mass is 32.2. The van der Waals surface area contributed by atoms with Gasteiger partial charge in [0.1, 0.15) is 5.82 Å². The average molecular weight is 279 g/mol. The third-order valence-corrected chi connectivity index (χ3v) is 4.76. The molecule has 4 nitrogen and oxygen atoms in total. The Morgan fingerprint density at radius 2 is 2.32 bits per heavy atom. The van der Waals surface area contributed by atoms with E-state index in [9.17, 15) is 4.79 Å². The van der Waals surface area contributed by atoms with Gasteiger partial charge in [0, 0.05) is 24.5 Å². The zero-order chi connectivity index (χ0) is 13.7. The van der Waals surface area contributed by atoms with Crippen LogP contribution in [0.5, 0.6) is 0 Å². The largest absolute Gasteiger partial charge is 0.373 e. The lowest BCUT2D eigenvalue weighted by Crippen LogP contribution is -2.38. The maximum absolute atomic E-state index is 12.2. The van der Waals surface area contributed by atoms with Crippen molar-refractivity contribution in [3.63, 3.8) is 0 Å². The standard InChI is InChI=1S/C14H21N3OS/c1-3-19-12-6-4-5-11(12)17-14(18)10-7-8-13(15-2)16-9-10/h7-9,11-12H,3-6H2,1-2H3,(H,15,16)(H,17,18). The first-order valence-corrected chi connectivity index (χ1v) is 7.85. The Labute approximate surface area is 118 Å².